The third-order valence-corrected chi connectivity index (χ3v) is 2.82. The van der Waals surface area contributed by atoms with Crippen molar-refractivity contribution in [3.05, 3.63) is 30.0 Å². The number of nitrogens with one attached hydrogen (secondary N) is 2. The van der Waals surface area contributed by atoms with E-state index in [4.69, 9.17) is 9.47 Å². The quantitative estimate of drug-likeness (QED) is 0.770. The molecule has 1 aromatic heterocycles. The second kappa shape index (κ2) is 6.85. The smallest absolute Gasteiger partial charge is 0.359 e. The normalized spacial score (nSPS) is 12.1. The van der Waals surface area contributed by atoms with Crippen LogP contribution in [0.5, 0.6) is 0 Å². The number of benzene rings is 1. The fraction of sp³-hybridized carbons (Fsp3) is 0.357. The van der Waals surface area contributed by atoms with Crippen LogP contribution in [0, 0.1) is 0 Å². The highest BCUT2D eigenvalue weighted by Crippen LogP contribution is 2.15. The Labute approximate surface area is 121 Å². The number of para-hydroxylation sites is 1. The van der Waals surface area contributed by atoms with Crippen LogP contribution in [0.25, 0.3) is 10.9 Å². The molecule has 1 aromatic carbocycles. The summed E-state index contributed by atoms with van der Waals surface area (Å²) >= 11 is 0. The summed E-state index contributed by atoms with van der Waals surface area (Å²) in [7, 11) is 1.55. The van der Waals surface area contributed by atoms with E-state index < -0.39 is 5.97 Å². The van der Waals surface area contributed by atoms with Crippen molar-refractivity contribution in [2.75, 3.05) is 20.3 Å². The van der Waals surface area contributed by atoms with Gasteiger partial charge in [0.1, 0.15) is 0 Å². The van der Waals surface area contributed by atoms with Gasteiger partial charge in [-0.2, -0.15) is 5.10 Å². The van der Waals surface area contributed by atoms with Gasteiger partial charge in [0.2, 0.25) is 0 Å². The summed E-state index contributed by atoms with van der Waals surface area (Å²) in [4.78, 5) is 23.5. The van der Waals surface area contributed by atoms with E-state index in [-0.39, 0.29) is 24.2 Å². The summed E-state index contributed by atoms with van der Waals surface area (Å²) < 4.78 is 9.86. The van der Waals surface area contributed by atoms with E-state index in [1.165, 1.54) is 0 Å². The number of carbonyl (C=O) groups is 2. The molecule has 7 nitrogen and oxygen atoms in total. The number of nitrogens with zero attached hydrogens (tertiary/aromatic N) is 1. The molecule has 7 heteroatoms. The first-order chi connectivity index (χ1) is 10.1. The molecule has 0 unspecified atom stereocenters. The number of aromatic amines is 1. The Balaban J connectivity index is 1.91. The molecule has 0 aliphatic carbocycles. The van der Waals surface area contributed by atoms with Gasteiger partial charge in [0.05, 0.1) is 12.1 Å². The highest BCUT2D eigenvalue weighted by Gasteiger charge is 2.17. The first kappa shape index (κ1) is 15.0. The number of H-pyrrole nitrogens is 1. The highest BCUT2D eigenvalue weighted by atomic mass is 16.5. The van der Waals surface area contributed by atoms with E-state index in [2.05, 4.69) is 15.5 Å². The fourth-order valence-corrected chi connectivity index (χ4v) is 1.93. The fourth-order valence-electron chi connectivity index (χ4n) is 1.93. The van der Waals surface area contributed by atoms with Gasteiger partial charge in [0.15, 0.2) is 12.3 Å². The first-order valence-electron chi connectivity index (χ1n) is 6.50. The van der Waals surface area contributed by atoms with Gasteiger partial charge in [-0.05, 0) is 13.0 Å². The third-order valence-electron chi connectivity index (χ3n) is 2.82. The number of methoxy groups -OCH3 is 1. The zero-order valence-corrected chi connectivity index (χ0v) is 11.9. The van der Waals surface area contributed by atoms with Gasteiger partial charge in [-0.25, -0.2) is 4.79 Å². The SMILES string of the molecule is COC[C@H](C)NC(=O)COC(=O)c1n[nH]c2ccccc12. The minimum atomic E-state index is -0.637. The number of amides is 1. The van der Waals surface area contributed by atoms with Crippen molar-refractivity contribution in [3.63, 3.8) is 0 Å². The third kappa shape index (κ3) is 3.79. The number of rotatable bonds is 6. The second-order valence-corrected chi connectivity index (χ2v) is 4.62. The molecule has 0 bridgehead atoms. The Kier molecular flexibility index (Phi) is 4.89. The Morgan fingerprint density at radius 1 is 1.38 bits per heavy atom. The molecule has 2 aromatic rings. The number of aromatic nitrogens is 2. The molecule has 1 heterocycles. The molecule has 112 valence electrons. The molecule has 1 atom stereocenters. The summed E-state index contributed by atoms with van der Waals surface area (Å²) in [6.45, 7) is 1.84. The van der Waals surface area contributed by atoms with Crippen LogP contribution in [0.1, 0.15) is 17.4 Å². The summed E-state index contributed by atoms with van der Waals surface area (Å²) in [5.41, 5.74) is 0.908. The van der Waals surface area contributed by atoms with Gasteiger partial charge >= 0.3 is 5.97 Å². The zero-order valence-electron chi connectivity index (χ0n) is 11.9. The molecule has 0 spiro atoms. The van der Waals surface area contributed by atoms with Crippen LogP contribution in [-0.2, 0) is 14.3 Å². The van der Waals surface area contributed by atoms with Gasteiger partial charge in [-0.3, -0.25) is 9.89 Å². The Hall–Kier alpha value is -2.41. The van der Waals surface area contributed by atoms with Crippen molar-refractivity contribution in [3.8, 4) is 0 Å². The van der Waals surface area contributed by atoms with E-state index in [1.54, 1.807) is 32.2 Å². The molecule has 0 fully saturated rings. The molecule has 0 saturated heterocycles. The molecular weight excluding hydrogens is 274 g/mol. The van der Waals surface area contributed by atoms with Crippen LogP contribution in [0.4, 0.5) is 0 Å². The van der Waals surface area contributed by atoms with Crippen LogP contribution in [0.15, 0.2) is 24.3 Å². The van der Waals surface area contributed by atoms with Crippen molar-refractivity contribution in [1.29, 1.82) is 0 Å². The van der Waals surface area contributed by atoms with E-state index >= 15 is 0 Å². The van der Waals surface area contributed by atoms with Crippen LogP contribution in [-0.4, -0.2) is 48.4 Å². The average molecular weight is 291 g/mol. The molecule has 2 rings (SSSR count). The molecule has 2 N–H and O–H groups in total. The minimum Gasteiger partial charge on any atom is -0.451 e. The molecule has 1 amide bonds. The monoisotopic (exact) mass is 291 g/mol. The predicted molar refractivity (Wildman–Crippen MR) is 75.9 cm³/mol. The van der Waals surface area contributed by atoms with E-state index in [0.717, 1.165) is 5.52 Å². The van der Waals surface area contributed by atoms with Crippen LogP contribution >= 0.6 is 0 Å². The summed E-state index contributed by atoms with van der Waals surface area (Å²) in [5.74, 6) is -1.02. The van der Waals surface area contributed by atoms with Gasteiger partial charge in [-0.1, -0.05) is 18.2 Å². The van der Waals surface area contributed by atoms with Crippen LogP contribution in [0.3, 0.4) is 0 Å². The Morgan fingerprint density at radius 2 is 2.14 bits per heavy atom. The average Bonchev–Trinajstić information content (AvgIpc) is 2.89. The minimum absolute atomic E-state index is 0.146. The maximum Gasteiger partial charge on any atom is 0.359 e. The molecule has 0 radical (unpaired) electrons. The molecule has 0 aliphatic heterocycles. The summed E-state index contributed by atoms with van der Waals surface area (Å²) in [6, 6.07) is 7.05. The number of hydrogen-bond acceptors (Lipinski definition) is 5. The highest BCUT2D eigenvalue weighted by molar-refractivity contribution is 6.02. The van der Waals surface area contributed by atoms with Gasteiger partial charge in [-0.15, -0.1) is 0 Å². The summed E-state index contributed by atoms with van der Waals surface area (Å²) in [6.07, 6.45) is 0. The maximum atomic E-state index is 11.9. The molecule has 21 heavy (non-hydrogen) atoms. The van der Waals surface area contributed by atoms with Gasteiger partial charge in [0, 0.05) is 18.5 Å². The Morgan fingerprint density at radius 3 is 2.90 bits per heavy atom. The van der Waals surface area contributed by atoms with Crippen molar-refractivity contribution in [2.24, 2.45) is 0 Å². The van der Waals surface area contributed by atoms with Crippen LogP contribution < -0.4 is 5.32 Å². The number of carbonyl (C=O) groups excluding carboxylic acids is 2. The van der Waals surface area contributed by atoms with Gasteiger partial charge < -0.3 is 14.8 Å². The lowest BCUT2D eigenvalue weighted by molar-refractivity contribution is -0.125. The number of esters is 1. The first-order valence-corrected chi connectivity index (χ1v) is 6.50. The van der Waals surface area contributed by atoms with Crippen LogP contribution in [0.2, 0.25) is 0 Å². The maximum absolute atomic E-state index is 11.9. The number of ether oxygens (including phenoxy) is 2. The number of fused-ring (bicyclic) bond motifs is 1. The molecular formula is C14H17N3O4. The zero-order chi connectivity index (χ0) is 15.2. The lowest BCUT2D eigenvalue weighted by Gasteiger charge is -2.12. The van der Waals surface area contributed by atoms with Crippen molar-refractivity contribution < 1.29 is 19.1 Å². The van der Waals surface area contributed by atoms with Gasteiger partial charge in [0.25, 0.3) is 5.91 Å². The number of hydrogen-bond donors (Lipinski definition) is 2. The van der Waals surface area contributed by atoms with Crippen molar-refractivity contribution in [2.45, 2.75) is 13.0 Å². The van der Waals surface area contributed by atoms with E-state index in [0.29, 0.717) is 12.0 Å². The van der Waals surface area contributed by atoms with Crippen molar-refractivity contribution in [1.82, 2.24) is 15.5 Å². The topological polar surface area (TPSA) is 93.3 Å². The standard InChI is InChI=1S/C14H17N3O4/c1-9(7-20-2)15-12(18)8-21-14(19)13-10-5-3-4-6-11(10)16-17-13/h3-6,9H,7-8H2,1-2H3,(H,15,18)(H,16,17)/t9-/m0/s1. The Bertz CT molecular complexity index is 638. The van der Waals surface area contributed by atoms with E-state index in [1.807, 2.05) is 6.07 Å². The van der Waals surface area contributed by atoms with E-state index in [9.17, 15) is 9.59 Å². The largest absolute Gasteiger partial charge is 0.451 e. The molecule has 0 aliphatic rings. The lowest BCUT2D eigenvalue weighted by atomic mass is 10.2. The predicted octanol–water partition coefficient (Wildman–Crippen LogP) is 0.871. The lowest BCUT2D eigenvalue weighted by Crippen LogP contribution is -2.38. The van der Waals surface area contributed by atoms with Crippen molar-refractivity contribution >= 4 is 22.8 Å². The summed E-state index contributed by atoms with van der Waals surface area (Å²) in [5, 5.41) is 9.96. The molecule has 0 saturated carbocycles. The second-order valence-electron chi connectivity index (χ2n) is 4.62.